The normalized spacial score (nSPS) is 45.6. The van der Waals surface area contributed by atoms with Crippen molar-refractivity contribution in [3.63, 3.8) is 0 Å². The fourth-order valence-electron chi connectivity index (χ4n) is 7.89. The fourth-order valence-corrected chi connectivity index (χ4v) is 11.6. The van der Waals surface area contributed by atoms with E-state index < -0.39 is 73.8 Å². The standard InChI is InChI=1S/C29H51F5N6O4S2/c1-14-11-21(39-38-14)35-26-25(44-4)27(40-9-7-15(41)8-10-40)37-28(36-26)45-20-6-5-16(12-17(20)30)46(42,43)29(2,3)22-23(33)18(31)13-19(32)24(22)34/h14-28,35-39,41H,5-13H2,1-4H3. The van der Waals surface area contributed by atoms with Crippen LogP contribution < -0.4 is 26.8 Å². The van der Waals surface area contributed by atoms with Crippen molar-refractivity contribution in [1.29, 1.82) is 0 Å². The monoisotopic (exact) mass is 706 g/mol. The Morgan fingerprint density at radius 3 is 2.13 bits per heavy atom. The summed E-state index contributed by atoms with van der Waals surface area (Å²) in [5.41, 5.74) is 5.98. The van der Waals surface area contributed by atoms with E-state index >= 15 is 4.39 Å². The smallest absolute Gasteiger partial charge is 0.158 e. The van der Waals surface area contributed by atoms with E-state index in [0.29, 0.717) is 25.9 Å². The number of aliphatic hydroxyl groups is 1. The Hall–Kier alpha value is -0.370. The molecule has 46 heavy (non-hydrogen) atoms. The molecule has 5 rings (SSSR count). The molecule has 5 aliphatic rings. The number of hydrogen-bond acceptors (Lipinski definition) is 11. The first-order valence-electron chi connectivity index (χ1n) is 16.5. The van der Waals surface area contributed by atoms with Gasteiger partial charge in [-0.2, -0.15) is 0 Å². The lowest BCUT2D eigenvalue weighted by Crippen LogP contribution is -2.75. The van der Waals surface area contributed by atoms with Crippen LogP contribution in [0.5, 0.6) is 0 Å². The van der Waals surface area contributed by atoms with Gasteiger partial charge in [-0.25, -0.2) is 35.8 Å². The van der Waals surface area contributed by atoms with Crippen LogP contribution in [0.1, 0.15) is 65.7 Å². The van der Waals surface area contributed by atoms with E-state index in [0.717, 1.165) is 20.3 Å². The number of piperidine rings is 1. The predicted octanol–water partition coefficient (Wildman–Crippen LogP) is 1.95. The SMILES string of the molecule is COC1C(NC2CC(C)NN2)NC(SC2CCC(S(=O)(=O)C(C)(C)C3C(F)C(F)CC(F)C3F)CC2F)NC1N1CCC(O)CC1. The maximum absolute atomic E-state index is 15.9. The molecule has 268 valence electrons. The summed E-state index contributed by atoms with van der Waals surface area (Å²) in [6, 6.07) is 0.259. The van der Waals surface area contributed by atoms with E-state index in [1.807, 2.05) is 0 Å². The summed E-state index contributed by atoms with van der Waals surface area (Å²) in [6.07, 6.45) is -11.5. The maximum atomic E-state index is 15.9. The first-order valence-corrected chi connectivity index (χ1v) is 19.0. The summed E-state index contributed by atoms with van der Waals surface area (Å²) in [6.45, 7) is 5.58. The third-order valence-electron chi connectivity index (χ3n) is 10.7. The Balaban J connectivity index is 1.27. The van der Waals surface area contributed by atoms with Crippen molar-refractivity contribution in [2.45, 2.75) is 154 Å². The molecule has 0 spiro atoms. The number of hydrazine groups is 1. The van der Waals surface area contributed by atoms with Crippen LogP contribution in [0, 0.1) is 5.92 Å². The molecule has 2 saturated carbocycles. The van der Waals surface area contributed by atoms with E-state index in [1.54, 1.807) is 7.11 Å². The third kappa shape index (κ3) is 7.53. The number of ether oxygens (including phenoxy) is 1. The quantitative estimate of drug-likeness (QED) is 0.197. The Morgan fingerprint density at radius 1 is 0.913 bits per heavy atom. The Bertz CT molecular complexity index is 1110. The maximum Gasteiger partial charge on any atom is 0.158 e. The van der Waals surface area contributed by atoms with Gasteiger partial charge in [0.15, 0.2) is 9.84 Å². The van der Waals surface area contributed by atoms with Crippen LogP contribution in [0.4, 0.5) is 22.0 Å². The van der Waals surface area contributed by atoms with Gasteiger partial charge in [0.1, 0.15) is 42.5 Å². The number of hydrogen-bond donors (Lipinski definition) is 6. The number of methoxy groups -OCH3 is 1. The molecule has 0 aromatic carbocycles. The second kappa shape index (κ2) is 14.9. The highest BCUT2D eigenvalue weighted by molar-refractivity contribution is 8.00. The first kappa shape index (κ1) is 36.9. The van der Waals surface area contributed by atoms with Crippen molar-refractivity contribution in [2.24, 2.45) is 5.92 Å². The average Bonchev–Trinajstić information content (AvgIpc) is 3.41. The Morgan fingerprint density at radius 2 is 1.57 bits per heavy atom. The molecule has 0 radical (unpaired) electrons. The van der Waals surface area contributed by atoms with Crippen LogP contribution in [0.3, 0.4) is 0 Å². The van der Waals surface area contributed by atoms with Gasteiger partial charge >= 0.3 is 0 Å². The molecule has 3 saturated heterocycles. The molecule has 2 aliphatic carbocycles. The van der Waals surface area contributed by atoms with Gasteiger partial charge in [-0.05, 0) is 59.3 Å². The second-order valence-corrected chi connectivity index (χ2v) is 18.4. The molecule has 3 aliphatic heterocycles. The average molecular weight is 707 g/mol. The molecular formula is C29H51F5N6O4S2. The van der Waals surface area contributed by atoms with Crippen LogP contribution in [0.2, 0.25) is 0 Å². The minimum atomic E-state index is -4.39. The largest absolute Gasteiger partial charge is 0.393 e. The molecule has 0 aromatic heterocycles. The highest BCUT2D eigenvalue weighted by atomic mass is 32.2. The first-order chi connectivity index (χ1) is 21.6. The summed E-state index contributed by atoms with van der Waals surface area (Å²) in [5.74, 6) is -2.03. The lowest BCUT2D eigenvalue weighted by Gasteiger charge is -2.50. The molecule has 0 aromatic rings. The molecular weight excluding hydrogens is 655 g/mol. The van der Waals surface area contributed by atoms with Crippen LogP contribution in [-0.4, -0.2) is 127 Å². The summed E-state index contributed by atoms with van der Waals surface area (Å²) in [4.78, 5) is 2.22. The Kier molecular flexibility index (Phi) is 11.9. The highest BCUT2D eigenvalue weighted by Crippen LogP contribution is 2.47. The zero-order valence-corrected chi connectivity index (χ0v) is 28.5. The van der Waals surface area contributed by atoms with E-state index in [9.17, 15) is 31.1 Å². The molecule has 10 nitrogen and oxygen atoms in total. The molecule has 17 heteroatoms. The number of halogens is 5. The number of nitrogens with zero attached hydrogens (tertiary/aromatic N) is 1. The molecule has 0 bridgehead atoms. The van der Waals surface area contributed by atoms with Gasteiger partial charge in [-0.15, -0.1) is 11.8 Å². The second-order valence-electron chi connectivity index (χ2n) is 14.2. The number of aliphatic hydroxyl groups excluding tert-OH is 1. The van der Waals surface area contributed by atoms with Crippen molar-refractivity contribution in [3.8, 4) is 0 Å². The lowest BCUT2D eigenvalue weighted by atomic mass is 9.76. The van der Waals surface area contributed by atoms with E-state index in [1.165, 1.54) is 11.8 Å². The molecule has 0 amide bonds. The van der Waals surface area contributed by atoms with Crippen molar-refractivity contribution in [2.75, 3.05) is 20.2 Å². The van der Waals surface area contributed by atoms with Gasteiger partial charge in [0, 0.05) is 43.8 Å². The van der Waals surface area contributed by atoms with Gasteiger partial charge in [0.25, 0.3) is 0 Å². The molecule has 13 unspecified atom stereocenters. The minimum absolute atomic E-state index is 0.0481. The van der Waals surface area contributed by atoms with Gasteiger partial charge in [-0.1, -0.05) is 0 Å². The molecule has 13 atom stereocenters. The van der Waals surface area contributed by atoms with E-state index in [-0.39, 0.29) is 56.0 Å². The van der Waals surface area contributed by atoms with Gasteiger partial charge in [-0.3, -0.25) is 26.3 Å². The number of likely N-dealkylation sites (tertiary alicyclic amines) is 1. The minimum Gasteiger partial charge on any atom is -0.393 e. The fraction of sp³-hybridized carbons (Fsp3) is 1.00. The summed E-state index contributed by atoms with van der Waals surface area (Å²) in [7, 11) is -2.75. The number of alkyl halides is 5. The van der Waals surface area contributed by atoms with Crippen LogP contribution >= 0.6 is 11.8 Å². The third-order valence-corrected chi connectivity index (χ3v) is 15.2. The number of thioether (sulfide) groups is 1. The van der Waals surface area contributed by atoms with Crippen molar-refractivity contribution in [1.82, 2.24) is 31.7 Å². The summed E-state index contributed by atoms with van der Waals surface area (Å²) < 4.78 is 106. The van der Waals surface area contributed by atoms with Crippen molar-refractivity contribution in [3.05, 3.63) is 0 Å². The van der Waals surface area contributed by atoms with E-state index in [4.69, 9.17) is 4.74 Å². The van der Waals surface area contributed by atoms with Gasteiger partial charge < -0.3 is 9.84 Å². The molecule has 5 fully saturated rings. The topological polar surface area (TPSA) is 127 Å². The molecule has 6 N–H and O–H groups in total. The Labute approximate surface area is 273 Å². The summed E-state index contributed by atoms with van der Waals surface area (Å²) >= 11 is 1.32. The van der Waals surface area contributed by atoms with Crippen LogP contribution in [-0.2, 0) is 14.6 Å². The zero-order chi connectivity index (χ0) is 33.6. The number of nitrogens with one attached hydrogen (secondary N) is 5. The lowest BCUT2D eigenvalue weighted by molar-refractivity contribution is -0.0704. The predicted molar refractivity (Wildman–Crippen MR) is 167 cm³/mol. The zero-order valence-electron chi connectivity index (χ0n) is 26.8. The van der Waals surface area contributed by atoms with Crippen molar-refractivity contribution >= 4 is 21.6 Å². The number of sulfone groups is 1. The van der Waals surface area contributed by atoms with Crippen LogP contribution in [0.15, 0.2) is 0 Å². The van der Waals surface area contributed by atoms with Gasteiger partial charge in [0.2, 0.25) is 0 Å². The van der Waals surface area contributed by atoms with E-state index in [2.05, 4.69) is 38.6 Å². The number of rotatable bonds is 9. The molecule has 3 heterocycles. The van der Waals surface area contributed by atoms with Gasteiger partial charge in [0.05, 0.1) is 34.6 Å². The summed E-state index contributed by atoms with van der Waals surface area (Å²) in [5, 5.41) is 18.9. The highest BCUT2D eigenvalue weighted by Gasteiger charge is 2.59. The van der Waals surface area contributed by atoms with Crippen molar-refractivity contribution < 1.29 is 40.2 Å². The van der Waals surface area contributed by atoms with Crippen LogP contribution in [0.25, 0.3) is 0 Å².